The van der Waals surface area contributed by atoms with E-state index < -0.39 is 16.6 Å². The Morgan fingerprint density at radius 1 is 0.741 bits per heavy atom. The summed E-state index contributed by atoms with van der Waals surface area (Å²) in [5, 5.41) is 60.9. The van der Waals surface area contributed by atoms with Crippen LogP contribution < -0.4 is 14.5 Å². The third kappa shape index (κ3) is 6.56. The smallest absolute Gasteiger partial charge is 0.319 e. The van der Waals surface area contributed by atoms with Crippen molar-refractivity contribution in [2.45, 2.75) is 103 Å². The van der Waals surface area contributed by atoms with Crippen LogP contribution in [0.15, 0.2) is 0 Å². The number of aromatic nitrogens is 18. The van der Waals surface area contributed by atoms with Crippen LogP contribution in [0.25, 0.3) is 22.3 Å². The molecule has 2 unspecified atom stereocenters. The summed E-state index contributed by atoms with van der Waals surface area (Å²) in [7, 11) is 3.60. The summed E-state index contributed by atoms with van der Waals surface area (Å²) in [5.41, 5.74) is -0.450. The van der Waals surface area contributed by atoms with Crippen molar-refractivity contribution < 1.29 is 14.9 Å². The van der Waals surface area contributed by atoms with E-state index in [1.807, 2.05) is 39.6 Å². The number of fused-ring (bicyclic) bond motifs is 2. The molecule has 0 aliphatic carbocycles. The fraction of sp³-hybridized carbons (Fsp3) is 0.688. The van der Waals surface area contributed by atoms with Crippen LogP contribution in [0, 0.1) is 0 Å². The molecule has 2 aliphatic heterocycles. The summed E-state index contributed by atoms with van der Waals surface area (Å²) in [6, 6.07) is 0. The first kappa shape index (κ1) is 35.6. The first-order chi connectivity index (χ1) is 25.4. The Kier molecular flexibility index (Phi) is 8.14. The summed E-state index contributed by atoms with van der Waals surface area (Å²) in [6.45, 7) is 16.9. The molecule has 0 amide bonds. The molecule has 2 atom stereocenters. The molecule has 0 radical (unpaired) electrons. The number of tetrazole rings is 2. The minimum atomic E-state index is -0.857. The van der Waals surface area contributed by atoms with Gasteiger partial charge in [0.15, 0.2) is 39.8 Å². The maximum Gasteiger partial charge on any atom is 0.319 e. The van der Waals surface area contributed by atoms with Crippen molar-refractivity contribution in [1.82, 2.24) is 85.2 Å². The van der Waals surface area contributed by atoms with Crippen LogP contribution in [-0.2, 0) is 44.6 Å². The SMILES string of the molecule is Cn1nnnc1Cn1nnc2c(N3CCC(C)(O)C3)nc(C(C)(C)Cn3nc(Cn4nnc5c(N6CCC(C)(O)C6)nc(C(C)(C)C)nc54)[n+](C)n3)nc21. The molecule has 8 rings (SSSR count). The van der Waals surface area contributed by atoms with E-state index >= 15 is 0 Å². The van der Waals surface area contributed by atoms with E-state index in [-0.39, 0.29) is 18.5 Å². The Bertz CT molecular complexity index is 2360. The molecule has 0 spiro atoms. The van der Waals surface area contributed by atoms with Crippen molar-refractivity contribution in [3.63, 3.8) is 0 Å². The number of aliphatic hydroxyl groups is 2. The average molecular weight is 744 g/mol. The second-order valence-electron chi connectivity index (χ2n) is 16.9. The number of hydrogen-bond acceptors (Lipinski definition) is 17. The Morgan fingerprint density at radius 2 is 1.30 bits per heavy atom. The molecule has 286 valence electrons. The van der Waals surface area contributed by atoms with E-state index in [0.29, 0.717) is 103 Å². The van der Waals surface area contributed by atoms with Gasteiger partial charge in [-0.3, -0.25) is 0 Å². The first-order valence-electron chi connectivity index (χ1n) is 18.1. The van der Waals surface area contributed by atoms with Gasteiger partial charge >= 0.3 is 5.82 Å². The van der Waals surface area contributed by atoms with Gasteiger partial charge in [-0.25, -0.2) is 34.0 Å². The molecular weight excluding hydrogens is 696 g/mol. The van der Waals surface area contributed by atoms with Crippen molar-refractivity contribution in [1.29, 1.82) is 0 Å². The minimum absolute atomic E-state index is 0.257. The molecule has 2 fully saturated rings. The van der Waals surface area contributed by atoms with E-state index in [2.05, 4.69) is 61.8 Å². The van der Waals surface area contributed by atoms with Gasteiger partial charge in [0.25, 0.3) is 0 Å². The van der Waals surface area contributed by atoms with E-state index in [9.17, 15) is 10.2 Å². The maximum absolute atomic E-state index is 10.8. The molecule has 2 aliphatic rings. The van der Waals surface area contributed by atoms with Crippen molar-refractivity contribution in [3.8, 4) is 0 Å². The summed E-state index contributed by atoms with van der Waals surface area (Å²) < 4.78 is 6.68. The zero-order valence-corrected chi connectivity index (χ0v) is 32.2. The van der Waals surface area contributed by atoms with Crippen LogP contribution in [0.4, 0.5) is 11.6 Å². The lowest BCUT2D eigenvalue weighted by Gasteiger charge is -2.24. The summed E-state index contributed by atoms with van der Waals surface area (Å²) >= 11 is 0. The van der Waals surface area contributed by atoms with Crippen molar-refractivity contribution in [2.24, 2.45) is 14.1 Å². The van der Waals surface area contributed by atoms with E-state index in [4.69, 9.17) is 30.2 Å². The largest absolute Gasteiger partial charge is 0.388 e. The van der Waals surface area contributed by atoms with Crippen molar-refractivity contribution in [2.75, 3.05) is 36.0 Å². The predicted molar refractivity (Wildman–Crippen MR) is 191 cm³/mol. The van der Waals surface area contributed by atoms with Gasteiger partial charge in [0.2, 0.25) is 0 Å². The standard InChI is InChI=1S/C32H47N20O2/c1-29(2,3)27-33-23(48-12-10-31(6,53)17-48)21-25(35-27)51(43-38-21)15-20-40-52(45-47(20)9)16-30(4,5)28-34-24(49-13-11-32(7,54)18-49)22-26(36-28)50(42-39-22)14-19-37-41-44-46(19)8/h53-54H,10-18H2,1-9H3/q+1. The van der Waals surface area contributed by atoms with Gasteiger partial charge < -0.3 is 20.0 Å². The lowest BCUT2D eigenvalue weighted by atomic mass is 9.92. The molecule has 6 aromatic heterocycles. The van der Waals surface area contributed by atoms with Gasteiger partial charge in [0.05, 0.1) is 34.0 Å². The van der Waals surface area contributed by atoms with Gasteiger partial charge in [-0.2, -0.15) is 0 Å². The van der Waals surface area contributed by atoms with Crippen molar-refractivity contribution in [3.05, 3.63) is 23.3 Å². The topological polar surface area (TPSA) is 238 Å². The Hall–Kier alpha value is -5.38. The van der Waals surface area contributed by atoms with Crippen LogP contribution in [0.1, 0.15) is 84.6 Å². The molecule has 0 bridgehead atoms. The van der Waals surface area contributed by atoms with Crippen LogP contribution >= 0.6 is 0 Å². The van der Waals surface area contributed by atoms with Gasteiger partial charge in [0, 0.05) is 38.6 Å². The number of rotatable bonds is 9. The van der Waals surface area contributed by atoms with Crippen LogP contribution in [-0.4, -0.2) is 133 Å². The van der Waals surface area contributed by atoms with Crippen molar-refractivity contribution >= 4 is 34.0 Å². The highest BCUT2D eigenvalue weighted by atomic mass is 16.3. The fourth-order valence-corrected chi connectivity index (χ4v) is 6.93. The predicted octanol–water partition coefficient (Wildman–Crippen LogP) is -1.01. The Balaban J connectivity index is 1.11. The first-order valence-corrected chi connectivity index (χ1v) is 18.1. The molecule has 2 saturated heterocycles. The third-order valence-electron chi connectivity index (χ3n) is 10.1. The molecule has 0 saturated carbocycles. The van der Waals surface area contributed by atoms with Crippen LogP contribution in [0.5, 0.6) is 0 Å². The van der Waals surface area contributed by atoms with E-state index in [1.54, 1.807) is 30.6 Å². The second-order valence-corrected chi connectivity index (χ2v) is 16.9. The summed E-state index contributed by atoms with van der Waals surface area (Å²) in [4.78, 5) is 25.6. The summed E-state index contributed by atoms with van der Waals surface area (Å²) in [6.07, 6.45) is 1.23. The highest BCUT2D eigenvalue weighted by Crippen LogP contribution is 2.34. The zero-order chi connectivity index (χ0) is 38.4. The molecule has 22 heteroatoms. The zero-order valence-electron chi connectivity index (χ0n) is 32.2. The molecule has 22 nitrogen and oxygen atoms in total. The lowest BCUT2D eigenvalue weighted by Crippen LogP contribution is -2.37. The van der Waals surface area contributed by atoms with Gasteiger partial charge in [-0.15, -0.1) is 20.0 Å². The highest BCUT2D eigenvalue weighted by molar-refractivity contribution is 5.84. The van der Waals surface area contributed by atoms with E-state index in [0.717, 1.165) is 0 Å². The van der Waals surface area contributed by atoms with Gasteiger partial charge in [0.1, 0.15) is 31.3 Å². The Morgan fingerprint density at radius 3 is 1.81 bits per heavy atom. The normalized spacial score (nSPS) is 21.1. The second kappa shape index (κ2) is 12.3. The highest BCUT2D eigenvalue weighted by Gasteiger charge is 2.38. The molecule has 2 N–H and O–H groups in total. The maximum atomic E-state index is 10.8. The summed E-state index contributed by atoms with van der Waals surface area (Å²) in [5.74, 6) is 3.70. The van der Waals surface area contributed by atoms with Gasteiger partial charge in [-0.1, -0.05) is 31.2 Å². The number of anilines is 2. The minimum Gasteiger partial charge on any atom is -0.388 e. The number of β-amino-alcohol motifs (C(OH)–C–C–N with tert-alkyl or cyclic N) is 2. The number of hydrogen-bond donors (Lipinski definition) is 2. The molecule has 0 aromatic carbocycles. The van der Waals surface area contributed by atoms with Gasteiger partial charge in [-0.05, 0) is 55.8 Å². The average Bonchev–Trinajstić information content (AvgIpc) is 3.94. The number of aryl methyl sites for hydroxylation is 2. The monoisotopic (exact) mass is 743 g/mol. The fourth-order valence-electron chi connectivity index (χ4n) is 6.93. The molecular formula is C32H47N20O2+. The third-order valence-corrected chi connectivity index (χ3v) is 10.1. The molecule has 6 aromatic rings. The Labute approximate surface area is 310 Å². The lowest BCUT2D eigenvalue weighted by molar-refractivity contribution is -0.740. The van der Waals surface area contributed by atoms with Crippen LogP contribution in [0.3, 0.4) is 0 Å². The molecule has 8 heterocycles. The number of nitrogens with zero attached hydrogens (tertiary/aromatic N) is 20. The molecule has 54 heavy (non-hydrogen) atoms. The van der Waals surface area contributed by atoms with Crippen LogP contribution in [0.2, 0.25) is 0 Å². The quantitative estimate of drug-likeness (QED) is 0.169. The van der Waals surface area contributed by atoms with E-state index in [1.165, 1.54) is 0 Å².